The second-order valence-electron chi connectivity index (χ2n) is 5.98. The Morgan fingerprint density at radius 3 is 1.70 bits per heavy atom. The van der Waals surface area contributed by atoms with Gasteiger partial charge in [0.05, 0.1) is 42.7 Å². The number of nitriles is 2. The molecular formula is C20H17N3O4. The molecule has 2 rings (SSSR count). The number of hydrogen-bond acceptors (Lipinski definition) is 6. The molecular weight excluding hydrogens is 346 g/mol. The third-order valence-electron chi connectivity index (χ3n) is 4.16. The van der Waals surface area contributed by atoms with Crippen molar-refractivity contribution in [2.24, 2.45) is 0 Å². The minimum Gasteiger partial charge on any atom is -0.461 e. The molecule has 2 aromatic rings. The average Bonchev–Trinajstić information content (AvgIpc) is 2.68. The number of carbonyl (C=O) groups excluding carboxylic acids is 1. The molecule has 136 valence electrons. The van der Waals surface area contributed by atoms with Crippen molar-refractivity contribution in [1.29, 1.82) is 10.5 Å². The molecule has 0 N–H and O–H groups in total. The Balaban J connectivity index is 2.44. The first-order valence-corrected chi connectivity index (χ1v) is 8.25. The highest BCUT2D eigenvalue weighted by molar-refractivity contribution is 5.80. The van der Waals surface area contributed by atoms with Crippen molar-refractivity contribution < 1.29 is 14.5 Å². The van der Waals surface area contributed by atoms with E-state index >= 15 is 0 Å². The third-order valence-corrected chi connectivity index (χ3v) is 4.16. The van der Waals surface area contributed by atoms with E-state index < -0.39 is 16.4 Å². The number of carbonyl (C=O) groups is 1. The van der Waals surface area contributed by atoms with Gasteiger partial charge in [0, 0.05) is 4.92 Å². The molecule has 0 aliphatic rings. The van der Waals surface area contributed by atoms with Gasteiger partial charge in [-0.1, -0.05) is 24.3 Å². The highest BCUT2D eigenvalue weighted by Crippen LogP contribution is 2.25. The molecule has 0 radical (unpaired) electrons. The predicted molar refractivity (Wildman–Crippen MR) is 96.1 cm³/mol. The Hall–Kier alpha value is -3.71. The zero-order chi connectivity index (χ0) is 19.9. The van der Waals surface area contributed by atoms with Crippen LogP contribution in [0.5, 0.6) is 0 Å². The molecule has 27 heavy (non-hydrogen) atoms. The topological polar surface area (TPSA) is 117 Å². The maximum atomic E-state index is 12.6. The van der Waals surface area contributed by atoms with Crippen LogP contribution in [0, 0.1) is 32.8 Å². The van der Waals surface area contributed by atoms with Crippen molar-refractivity contribution in [3.05, 3.63) is 80.9 Å². The zero-order valence-corrected chi connectivity index (χ0v) is 14.7. The minimum atomic E-state index is -2.00. The molecule has 0 bridgehead atoms. The Labute approximate surface area is 156 Å². The highest BCUT2D eigenvalue weighted by atomic mass is 16.6. The maximum absolute atomic E-state index is 12.6. The summed E-state index contributed by atoms with van der Waals surface area (Å²) in [7, 11) is 0. The second kappa shape index (κ2) is 8.59. The summed E-state index contributed by atoms with van der Waals surface area (Å²) in [6.07, 6.45) is -0.352. The van der Waals surface area contributed by atoms with Crippen LogP contribution in [-0.4, -0.2) is 23.0 Å². The van der Waals surface area contributed by atoms with Crippen molar-refractivity contribution in [3.8, 4) is 12.1 Å². The molecule has 0 aromatic heterocycles. The van der Waals surface area contributed by atoms with Crippen molar-refractivity contribution in [3.63, 3.8) is 0 Å². The van der Waals surface area contributed by atoms with E-state index in [1.54, 1.807) is 55.5 Å². The summed E-state index contributed by atoms with van der Waals surface area (Å²) < 4.78 is 5.02. The van der Waals surface area contributed by atoms with Crippen LogP contribution in [0.3, 0.4) is 0 Å². The van der Waals surface area contributed by atoms with Crippen molar-refractivity contribution >= 4 is 5.97 Å². The first-order valence-electron chi connectivity index (χ1n) is 8.25. The van der Waals surface area contributed by atoms with Crippen LogP contribution in [-0.2, 0) is 22.4 Å². The van der Waals surface area contributed by atoms with Gasteiger partial charge in [-0.05, 0) is 42.3 Å². The molecule has 0 unspecified atom stereocenters. The molecule has 0 amide bonds. The van der Waals surface area contributed by atoms with E-state index in [4.69, 9.17) is 15.3 Å². The van der Waals surface area contributed by atoms with Gasteiger partial charge in [-0.2, -0.15) is 10.5 Å². The van der Waals surface area contributed by atoms with Crippen LogP contribution in [0.25, 0.3) is 0 Å². The van der Waals surface area contributed by atoms with Gasteiger partial charge in [0.1, 0.15) is 0 Å². The van der Waals surface area contributed by atoms with Gasteiger partial charge in [-0.25, -0.2) is 4.79 Å². The number of nitro groups is 1. The number of hydrogen-bond donors (Lipinski definition) is 0. The lowest BCUT2D eigenvalue weighted by atomic mass is 9.84. The molecule has 7 nitrogen and oxygen atoms in total. The smallest absolute Gasteiger partial charge is 0.385 e. The largest absolute Gasteiger partial charge is 0.461 e. The average molecular weight is 363 g/mol. The van der Waals surface area contributed by atoms with Gasteiger partial charge < -0.3 is 4.74 Å². The van der Waals surface area contributed by atoms with Crippen LogP contribution in [0.15, 0.2) is 48.5 Å². The fourth-order valence-electron chi connectivity index (χ4n) is 2.75. The minimum absolute atomic E-state index is 0.0230. The van der Waals surface area contributed by atoms with Crippen LogP contribution in [0.2, 0.25) is 0 Å². The molecule has 0 aliphatic heterocycles. The molecule has 0 aliphatic carbocycles. The van der Waals surface area contributed by atoms with E-state index in [2.05, 4.69) is 0 Å². The van der Waals surface area contributed by atoms with E-state index in [1.165, 1.54) is 0 Å². The van der Waals surface area contributed by atoms with E-state index in [-0.39, 0.29) is 19.4 Å². The van der Waals surface area contributed by atoms with Crippen LogP contribution in [0.4, 0.5) is 0 Å². The summed E-state index contributed by atoms with van der Waals surface area (Å²) in [5.74, 6) is -0.913. The van der Waals surface area contributed by atoms with E-state index in [0.29, 0.717) is 22.3 Å². The van der Waals surface area contributed by atoms with Crippen LogP contribution >= 0.6 is 0 Å². The van der Waals surface area contributed by atoms with Crippen molar-refractivity contribution in [2.75, 3.05) is 6.61 Å². The van der Waals surface area contributed by atoms with Gasteiger partial charge in [0.15, 0.2) is 0 Å². The fourth-order valence-corrected chi connectivity index (χ4v) is 2.75. The molecule has 0 fully saturated rings. The number of nitrogens with zero attached hydrogens (tertiary/aromatic N) is 3. The summed E-state index contributed by atoms with van der Waals surface area (Å²) in [6, 6.07) is 16.5. The number of benzene rings is 2. The Kier molecular flexibility index (Phi) is 6.24. The lowest BCUT2D eigenvalue weighted by Gasteiger charge is -2.23. The lowest BCUT2D eigenvalue weighted by Crippen LogP contribution is -2.51. The molecule has 0 atom stereocenters. The van der Waals surface area contributed by atoms with Crippen molar-refractivity contribution in [2.45, 2.75) is 25.3 Å². The predicted octanol–water partition coefficient (Wildman–Crippen LogP) is 2.79. The van der Waals surface area contributed by atoms with Crippen LogP contribution < -0.4 is 0 Å². The molecule has 2 aromatic carbocycles. The second-order valence-corrected chi connectivity index (χ2v) is 5.98. The van der Waals surface area contributed by atoms with Crippen molar-refractivity contribution in [1.82, 2.24) is 0 Å². The Bertz CT molecular complexity index is 847. The maximum Gasteiger partial charge on any atom is 0.385 e. The van der Waals surface area contributed by atoms with Gasteiger partial charge in [0.25, 0.3) is 0 Å². The van der Waals surface area contributed by atoms with Gasteiger partial charge in [0.2, 0.25) is 0 Å². The van der Waals surface area contributed by atoms with Gasteiger partial charge >= 0.3 is 11.5 Å². The standard InChI is InChI=1S/C20H17N3O4/c1-2-27-19(24)20(23(25)26,11-15-3-7-17(13-21)8-4-15)12-16-5-9-18(14-22)10-6-16/h3-10H,2,11-12H2,1H3. The van der Waals surface area contributed by atoms with E-state index in [0.717, 1.165) is 0 Å². The molecule has 0 saturated carbocycles. The molecule has 0 heterocycles. The van der Waals surface area contributed by atoms with Gasteiger partial charge in [-0.3, -0.25) is 10.1 Å². The summed E-state index contributed by atoms with van der Waals surface area (Å²) in [6.45, 7) is 1.61. The lowest BCUT2D eigenvalue weighted by molar-refractivity contribution is -0.555. The quantitative estimate of drug-likeness (QED) is 0.424. The van der Waals surface area contributed by atoms with Gasteiger partial charge in [-0.15, -0.1) is 0 Å². The van der Waals surface area contributed by atoms with E-state index in [9.17, 15) is 14.9 Å². The van der Waals surface area contributed by atoms with E-state index in [1.807, 2.05) is 12.1 Å². The Morgan fingerprint density at radius 2 is 1.41 bits per heavy atom. The first kappa shape index (κ1) is 19.6. The number of ether oxygens (including phenoxy) is 1. The molecule has 0 spiro atoms. The first-order chi connectivity index (χ1) is 12.9. The molecule has 0 saturated heterocycles. The summed E-state index contributed by atoms with van der Waals surface area (Å²) in [5.41, 5.74) is -0.0552. The number of rotatable bonds is 7. The third kappa shape index (κ3) is 4.47. The monoisotopic (exact) mass is 363 g/mol. The number of esters is 1. The molecule has 7 heteroatoms. The summed E-state index contributed by atoms with van der Waals surface area (Å²) >= 11 is 0. The summed E-state index contributed by atoms with van der Waals surface area (Å²) in [4.78, 5) is 24.0. The Morgan fingerprint density at radius 1 is 1.00 bits per heavy atom. The highest BCUT2D eigenvalue weighted by Gasteiger charge is 2.52. The zero-order valence-electron chi connectivity index (χ0n) is 14.7. The van der Waals surface area contributed by atoms with Crippen LogP contribution in [0.1, 0.15) is 29.2 Å². The summed E-state index contributed by atoms with van der Waals surface area (Å²) in [5, 5.41) is 29.8. The SMILES string of the molecule is CCOC(=O)C(Cc1ccc(C#N)cc1)(Cc1ccc(C#N)cc1)[N+](=O)[O-]. The fraction of sp³-hybridized carbons (Fsp3) is 0.250. The normalized spacial score (nSPS) is 10.5.